The first kappa shape index (κ1) is 11.6. The molecule has 88 valence electrons. The Morgan fingerprint density at radius 2 is 1.81 bits per heavy atom. The van der Waals surface area contributed by atoms with Crippen LogP contribution in [-0.2, 0) is 17.9 Å². The maximum absolute atomic E-state index is 5.67. The van der Waals surface area contributed by atoms with Crippen molar-refractivity contribution in [3.8, 4) is 0 Å². The molecule has 0 radical (unpaired) electrons. The highest BCUT2D eigenvalue weighted by molar-refractivity contribution is 5.21. The predicted octanol–water partition coefficient (Wildman–Crippen LogP) is 2.85. The third-order valence-electron chi connectivity index (χ3n) is 3.42. The summed E-state index contributed by atoms with van der Waals surface area (Å²) in [7, 11) is 0. The lowest BCUT2D eigenvalue weighted by Gasteiger charge is -2.24. The van der Waals surface area contributed by atoms with Crippen molar-refractivity contribution in [3.05, 3.63) is 35.4 Å². The van der Waals surface area contributed by atoms with Gasteiger partial charge in [-0.25, -0.2) is 0 Å². The van der Waals surface area contributed by atoms with E-state index in [-0.39, 0.29) is 0 Å². The molecule has 2 rings (SSSR count). The van der Waals surface area contributed by atoms with Crippen LogP contribution in [0.3, 0.4) is 0 Å². The van der Waals surface area contributed by atoms with Crippen molar-refractivity contribution >= 4 is 0 Å². The Hall–Kier alpha value is -0.860. The molecule has 0 aliphatic heterocycles. The van der Waals surface area contributed by atoms with Crippen LogP contribution in [0.2, 0.25) is 0 Å². The van der Waals surface area contributed by atoms with Crippen molar-refractivity contribution in [2.75, 3.05) is 6.61 Å². The zero-order valence-corrected chi connectivity index (χ0v) is 9.82. The van der Waals surface area contributed by atoms with Crippen LogP contribution in [-0.4, -0.2) is 6.61 Å². The van der Waals surface area contributed by atoms with Gasteiger partial charge >= 0.3 is 0 Å². The zero-order valence-electron chi connectivity index (χ0n) is 9.82. The summed E-state index contributed by atoms with van der Waals surface area (Å²) in [6.45, 7) is 2.25. The van der Waals surface area contributed by atoms with E-state index in [2.05, 4.69) is 24.3 Å². The summed E-state index contributed by atoms with van der Waals surface area (Å²) < 4.78 is 5.67. The third-order valence-corrected chi connectivity index (χ3v) is 3.42. The maximum Gasteiger partial charge on any atom is 0.0716 e. The quantitative estimate of drug-likeness (QED) is 0.747. The molecule has 0 saturated heterocycles. The molecule has 0 aromatic heterocycles. The van der Waals surface area contributed by atoms with Crippen LogP contribution in [0.25, 0.3) is 0 Å². The fraction of sp³-hybridized carbons (Fsp3) is 0.571. The van der Waals surface area contributed by atoms with E-state index >= 15 is 0 Å². The molecule has 0 bridgehead atoms. The first-order valence-electron chi connectivity index (χ1n) is 6.24. The fourth-order valence-corrected chi connectivity index (χ4v) is 1.99. The lowest BCUT2D eigenvalue weighted by atomic mass is 9.83. The summed E-state index contributed by atoms with van der Waals surface area (Å²) in [5.74, 6) is 0.944. The van der Waals surface area contributed by atoms with E-state index in [1.54, 1.807) is 0 Å². The summed E-state index contributed by atoms with van der Waals surface area (Å²) in [6, 6.07) is 8.35. The highest BCUT2D eigenvalue weighted by Crippen LogP contribution is 2.29. The number of nitrogens with two attached hydrogens (primary N) is 1. The van der Waals surface area contributed by atoms with Gasteiger partial charge in [-0.3, -0.25) is 0 Å². The molecule has 1 aromatic carbocycles. The Bertz CT molecular complexity index is 303. The minimum absolute atomic E-state index is 0.614. The van der Waals surface area contributed by atoms with Gasteiger partial charge in [-0.2, -0.15) is 0 Å². The van der Waals surface area contributed by atoms with E-state index in [0.717, 1.165) is 19.1 Å². The van der Waals surface area contributed by atoms with E-state index in [9.17, 15) is 0 Å². The first-order chi connectivity index (χ1) is 7.88. The van der Waals surface area contributed by atoms with Gasteiger partial charge in [0, 0.05) is 13.2 Å². The molecule has 2 nitrogen and oxygen atoms in total. The highest BCUT2D eigenvalue weighted by Gasteiger charge is 2.16. The zero-order chi connectivity index (χ0) is 11.2. The normalized spacial score (nSPS) is 16.1. The van der Waals surface area contributed by atoms with Crippen LogP contribution in [0.4, 0.5) is 0 Å². The topological polar surface area (TPSA) is 35.2 Å². The number of hydrogen-bond donors (Lipinski definition) is 1. The second-order valence-corrected chi connectivity index (χ2v) is 4.66. The molecule has 0 amide bonds. The summed E-state index contributed by atoms with van der Waals surface area (Å²) >= 11 is 0. The van der Waals surface area contributed by atoms with Gasteiger partial charge in [-0.1, -0.05) is 43.5 Å². The van der Waals surface area contributed by atoms with Crippen molar-refractivity contribution in [3.63, 3.8) is 0 Å². The first-order valence-corrected chi connectivity index (χ1v) is 6.24. The molecule has 1 saturated carbocycles. The van der Waals surface area contributed by atoms with Crippen LogP contribution in [0.1, 0.15) is 36.8 Å². The van der Waals surface area contributed by atoms with E-state index in [1.165, 1.54) is 36.8 Å². The summed E-state index contributed by atoms with van der Waals surface area (Å²) in [6.07, 6.45) is 5.48. The van der Waals surface area contributed by atoms with Gasteiger partial charge in [0.1, 0.15) is 0 Å². The SMILES string of the molecule is NCc1ccc(COCCC2CCC2)cc1. The van der Waals surface area contributed by atoms with Crippen LogP contribution in [0.15, 0.2) is 24.3 Å². The molecule has 0 heterocycles. The van der Waals surface area contributed by atoms with E-state index < -0.39 is 0 Å². The van der Waals surface area contributed by atoms with Crippen molar-refractivity contribution < 1.29 is 4.74 Å². The van der Waals surface area contributed by atoms with Crippen LogP contribution >= 0.6 is 0 Å². The van der Waals surface area contributed by atoms with Gasteiger partial charge < -0.3 is 10.5 Å². The van der Waals surface area contributed by atoms with Crippen molar-refractivity contribution in [2.24, 2.45) is 11.7 Å². The lowest BCUT2D eigenvalue weighted by Crippen LogP contribution is -2.13. The highest BCUT2D eigenvalue weighted by atomic mass is 16.5. The fourth-order valence-electron chi connectivity index (χ4n) is 1.99. The Kier molecular flexibility index (Phi) is 4.37. The number of benzene rings is 1. The molecular weight excluding hydrogens is 198 g/mol. The van der Waals surface area contributed by atoms with Gasteiger partial charge in [-0.05, 0) is 23.5 Å². The molecule has 0 unspecified atom stereocenters. The van der Waals surface area contributed by atoms with Crippen LogP contribution in [0, 0.1) is 5.92 Å². The van der Waals surface area contributed by atoms with E-state index in [4.69, 9.17) is 10.5 Å². The van der Waals surface area contributed by atoms with Crippen molar-refractivity contribution in [1.82, 2.24) is 0 Å². The Balaban J connectivity index is 1.64. The minimum Gasteiger partial charge on any atom is -0.377 e. The molecule has 16 heavy (non-hydrogen) atoms. The predicted molar refractivity (Wildman–Crippen MR) is 65.9 cm³/mol. The second-order valence-electron chi connectivity index (χ2n) is 4.66. The molecule has 0 spiro atoms. The Labute approximate surface area is 97.8 Å². The van der Waals surface area contributed by atoms with Gasteiger partial charge in [0.05, 0.1) is 6.61 Å². The van der Waals surface area contributed by atoms with Crippen molar-refractivity contribution in [1.29, 1.82) is 0 Å². The number of ether oxygens (including phenoxy) is 1. The Morgan fingerprint density at radius 3 is 2.38 bits per heavy atom. The number of rotatable bonds is 6. The summed E-state index contributed by atoms with van der Waals surface area (Å²) in [4.78, 5) is 0. The van der Waals surface area contributed by atoms with Crippen molar-refractivity contribution in [2.45, 2.75) is 38.8 Å². The molecule has 1 fully saturated rings. The standard InChI is InChI=1S/C14H21NO/c15-10-13-4-6-14(7-5-13)11-16-9-8-12-2-1-3-12/h4-7,12H,1-3,8-11,15H2. The van der Waals surface area contributed by atoms with Crippen LogP contribution < -0.4 is 5.73 Å². The average Bonchev–Trinajstić information content (AvgIpc) is 2.27. The maximum atomic E-state index is 5.67. The van der Waals surface area contributed by atoms with Gasteiger partial charge in [0.2, 0.25) is 0 Å². The average molecular weight is 219 g/mol. The van der Waals surface area contributed by atoms with Gasteiger partial charge in [-0.15, -0.1) is 0 Å². The van der Waals surface area contributed by atoms with Gasteiger partial charge in [0.15, 0.2) is 0 Å². The molecule has 0 atom stereocenters. The molecule has 2 heteroatoms. The third kappa shape index (κ3) is 3.32. The summed E-state index contributed by atoms with van der Waals surface area (Å²) in [5.41, 5.74) is 7.97. The molecule has 1 aromatic rings. The number of hydrogen-bond acceptors (Lipinski definition) is 2. The van der Waals surface area contributed by atoms with E-state index in [1.807, 2.05) is 0 Å². The summed E-state index contributed by atoms with van der Waals surface area (Å²) in [5, 5.41) is 0. The molecule has 1 aliphatic carbocycles. The molecule has 2 N–H and O–H groups in total. The van der Waals surface area contributed by atoms with Gasteiger partial charge in [0.25, 0.3) is 0 Å². The lowest BCUT2D eigenvalue weighted by molar-refractivity contribution is 0.0950. The monoisotopic (exact) mass is 219 g/mol. The van der Waals surface area contributed by atoms with E-state index in [0.29, 0.717) is 6.54 Å². The molecule has 1 aliphatic rings. The second kappa shape index (κ2) is 6.02. The largest absolute Gasteiger partial charge is 0.377 e. The van der Waals surface area contributed by atoms with Crippen LogP contribution in [0.5, 0.6) is 0 Å². The Morgan fingerprint density at radius 1 is 1.12 bits per heavy atom. The smallest absolute Gasteiger partial charge is 0.0716 e. The minimum atomic E-state index is 0.614. The molecular formula is C14H21NO.